The molecule has 0 aromatic heterocycles. The molecule has 9 heteroatoms. The molecule has 1 heterocycles. The molecule has 2 aromatic rings. The van der Waals surface area contributed by atoms with Crippen molar-refractivity contribution in [3.05, 3.63) is 64.2 Å². The molecule has 3 rings (SSSR count). The number of amides is 2. The molecule has 132 valence electrons. The largest absolute Gasteiger partial charge is 0.478 e. The van der Waals surface area contributed by atoms with E-state index in [4.69, 9.17) is 0 Å². The van der Waals surface area contributed by atoms with Crippen LogP contribution in [0.15, 0.2) is 53.4 Å². The molecule has 1 aliphatic rings. The normalized spacial score (nSPS) is 16.8. The summed E-state index contributed by atoms with van der Waals surface area (Å²) in [6.07, 6.45) is -0.111. The van der Waals surface area contributed by atoms with E-state index in [1.54, 1.807) is 18.2 Å². The third kappa shape index (κ3) is 3.29. The van der Waals surface area contributed by atoms with E-state index in [0.717, 1.165) is 22.7 Å². The highest BCUT2D eigenvalue weighted by Crippen LogP contribution is 2.36. The molecule has 0 spiro atoms. The highest BCUT2D eigenvalue weighted by molar-refractivity contribution is 8.00. The maximum Gasteiger partial charge on any atom is 0.336 e. The Kier molecular flexibility index (Phi) is 4.72. The van der Waals surface area contributed by atoms with Crippen LogP contribution in [0.25, 0.3) is 0 Å². The van der Waals surface area contributed by atoms with Crippen molar-refractivity contribution in [2.24, 2.45) is 0 Å². The first-order valence-electron chi connectivity index (χ1n) is 7.48. The van der Waals surface area contributed by atoms with E-state index in [2.05, 4.69) is 0 Å². The summed E-state index contributed by atoms with van der Waals surface area (Å²) in [5.74, 6) is -2.14. The van der Waals surface area contributed by atoms with Crippen LogP contribution in [0.3, 0.4) is 0 Å². The van der Waals surface area contributed by atoms with Crippen LogP contribution in [0.5, 0.6) is 0 Å². The number of non-ortho nitro benzene ring substituents is 1. The Morgan fingerprint density at radius 2 is 1.92 bits per heavy atom. The Hall–Kier alpha value is -3.20. The molecule has 1 fully saturated rings. The fourth-order valence-corrected chi connectivity index (χ4v) is 3.79. The van der Waals surface area contributed by atoms with Crippen molar-refractivity contribution in [1.29, 1.82) is 0 Å². The summed E-state index contributed by atoms with van der Waals surface area (Å²) in [4.78, 5) is 47.8. The van der Waals surface area contributed by atoms with Gasteiger partial charge in [0.05, 0.1) is 21.4 Å². The minimum Gasteiger partial charge on any atom is -0.478 e. The fourth-order valence-electron chi connectivity index (χ4n) is 2.61. The van der Waals surface area contributed by atoms with Gasteiger partial charge in [-0.25, -0.2) is 9.69 Å². The van der Waals surface area contributed by atoms with Gasteiger partial charge in [0.1, 0.15) is 0 Å². The van der Waals surface area contributed by atoms with E-state index < -0.39 is 28.0 Å². The maximum absolute atomic E-state index is 12.7. The standard InChI is InChI=1S/C17H12N2O6S/c20-15-9-14(26-13-7-2-1-6-12(13)17(22)23)16(21)18(15)10-4-3-5-11(8-10)19(24)25/h1-8,14H,9H2,(H,22,23). The van der Waals surface area contributed by atoms with Gasteiger partial charge in [0, 0.05) is 23.4 Å². The summed E-state index contributed by atoms with van der Waals surface area (Å²) < 4.78 is 0. The second-order valence-electron chi connectivity index (χ2n) is 5.46. The lowest BCUT2D eigenvalue weighted by molar-refractivity contribution is -0.384. The number of benzene rings is 2. The van der Waals surface area contributed by atoms with Crippen molar-refractivity contribution in [1.82, 2.24) is 0 Å². The topological polar surface area (TPSA) is 118 Å². The Labute approximate surface area is 151 Å². The van der Waals surface area contributed by atoms with Crippen LogP contribution < -0.4 is 4.90 Å². The van der Waals surface area contributed by atoms with Gasteiger partial charge >= 0.3 is 5.97 Å². The second kappa shape index (κ2) is 6.96. The fraction of sp³-hybridized carbons (Fsp3) is 0.118. The molecule has 1 aliphatic heterocycles. The van der Waals surface area contributed by atoms with Gasteiger partial charge < -0.3 is 5.11 Å². The van der Waals surface area contributed by atoms with Gasteiger partial charge in [0.15, 0.2) is 0 Å². The molecule has 0 bridgehead atoms. The Morgan fingerprint density at radius 1 is 1.19 bits per heavy atom. The lowest BCUT2D eigenvalue weighted by Crippen LogP contribution is -2.31. The van der Waals surface area contributed by atoms with E-state index in [-0.39, 0.29) is 23.4 Å². The number of carbonyl (C=O) groups is 3. The third-order valence-electron chi connectivity index (χ3n) is 3.79. The van der Waals surface area contributed by atoms with Crippen LogP contribution >= 0.6 is 11.8 Å². The molecule has 26 heavy (non-hydrogen) atoms. The highest BCUT2D eigenvalue weighted by Gasteiger charge is 2.41. The van der Waals surface area contributed by atoms with Gasteiger partial charge in [-0.15, -0.1) is 11.8 Å². The van der Waals surface area contributed by atoms with Gasteiger partial charge in [0.25, 0.3) is 5.69 Å². The number of nitrogens with zero attached hydrogens (tertiary/aromatic N) is 2. The number of anilines is 1. The number of hydrogen-bond donors (Lipinski definition) is 1. The van der Waals surface area contributed by atoms with Crippen LogP contribution in [0.1, 0.15) is 16.8 Å². The number of nitro benzene ring substituents is 1. The monoisotopic (exact) mass is 372 g/mol. The van der Waals surface area contributed by atoms with Crippen LogP contribution in [0, 0.1) is 10.1 Å². The average Bonchev–Trinajstić information content (AvgIpc) is 2.89. The first-order valence-corrected chi connectivity index (χ1v) is 8.36. The molecule has 1 unspecified atom stereocenters. The lowest BCUT2D eigenvalue weighted by Gasteiger charge is -2.15. The summed E-state index contributed by atoms with van der Waals surface area (Å²) in [7, 11) is 0. The molecule has 8 nitrogen and oxygen atoms in total. The van der Waals surface area contributed by atoms with Gasteiger partial charge in [-0.05, 0) is 18.2 Å². The number of carboxylic acids is 1. The molecule has 1 N–H and O–H groups in total. The number of carbonyl (C=O) groups excluding carboxylic acids is 2. The molecule has 0 aliphatic carbocycles. The summed E-state index contributed by atoms with van der Waals surface area (Å²) in [5, 5.41) is 19.3. The average molecular weight is 372 g/mol. The van der Waals surface area contributed by atoms with E-state index in [0.29, 0.717) is 4.90 Å². The smallest absolute Gasteiger partial charge is 0.336 e. The van der Waals surface area contributed by atoms with Gasteiger partial charge in [-0.1, -0.05) is 18.2 Å². The van der Waals surface area contributed by atoms with Crippen molar-refractivity contribution in [3.63, 3.8) is 0 Å². The number of nitro groups is 1. The number of rotatable bonds is 5. The van der Waals surface area contributed by atoms with Crippen LogP contribution in [0.4, 0.5) is 11.4 Å². The zero-order valence-electron chi connectivity index (χ0n) is 13.2. The summed E-state index contributed by atoms with van der Waals surface area (Å²) in [6, 6.07) is 11.5. The molecular formula is C17H12N2O6S. The first-order chi connectivity index (χ1) is 12.4. The van der Waals surface area contributed by atoms with Crippen molar-refractivity contribution in [3.8, 4) is 0 Å². The minimum atomic E-state index is -1.12. The van der Waals surface area contributed by atoms with Gasteiger partial charge in [-0.2, -0.15) is 0 Å². The van der Waals surface area contributed by atoms with Crippen LogP contribution in [-0.2, 0) is 9.59 Å². The van der Waals surface area contributed by atoms with Crippen molar-refractivity contribution >= 4 is 40.9 Å². The number of imide groups is 1. The van der Waals surface area contributed by atoms with Gasteiger partial charge in [-0.3, -0.25) is 19.7 Å². The Bertz CT molecular complexity index is 929. The molecule has 2 amide bonds. The number of carboxylic acid groups (broad SMARTS) is 1. The number of thioether (sulfide) groups is 1. The minimum absolute atomic E-state index is 0.0477. The Balaban J connectivity index is 1.87. The van der Waals surface area contributed by atoms with E-state index in [1.165, 1.54) is 24.3 Å². The van der Waals surface area contributed by atoms with E-state index in [9.17, 15) is 29.6 Å². The van der Waals surface area contributed by atoms with E-state index >= 15 is 0 Å². The zero-order valence-corrected chi connectivity index (χ0v) is 14.0. The third-order valence-corrected chi connectivity index (χ3v) is 5.05. The second-order valence-corrected chi connectivity index (χ2v) is 6.70. The summed E-state index contributed by atoms with van der Waals surface area (Å²) >= 11 is 1.00. The first kappa shape index (κ1) is 17.6. The SMILES string of the molecule is O=C(O)c1ccccc1SC1CC(=O)N(c2cccc([N+](=O)[O-])c2)C1=O. The molecular weight excluding hydrogens is 360 g/mol. The molecule has 1 saturated heterocycles. The van der Waals surface area contributed by atoms with Crippen LogP contribution in [-0.4, -0.2) is 33.1 Å². The Morgan fingerprint density at radius 3 is 2.62 bits per heavy atom. The van der Waals surface area contributed by atoms with Crippen molar-refractivity contribution in [2.75, 3.05) is 4.90 Å². The molecule has 0 saturated carbocycles. The highest BCUT2D eigenvalue weighted by atomic mass is 32.2. The summed E-state index contributed by atoms with van der Waals surface area (Å²) in [5.41, 5.74) is -0.0502. The zero-order chi connectivity index (χ0) is 18.8. The number of aromatic carboxylic acids is 1. The predicted octanol–water partition coefficient (Wildman–Crippen LogP) is 2.72. The number of hydrogen-bond acceptors (Lipinski definition) is 6. The van der Waals surface area contributed by atoms with Crippen molar-refractivity contribution < 1.29 is 24.4 Å². The molecule has 2 aromatic carbocycles. The molecule has 0 radical (unpaired) electrons. The maximum atomic E-state index is 12.7. The molecule has 1 atom stereocenters. The summed E-state index contributed by atoms with van der Waals surface area (Å²) in [6.45, 7) is 0. The van der Waals surface area contributed by atoms with Crippen LogP contribution in [0.2, 0.25) is 0 Å². The van der Waals surface area contributed by atoms with Gasteiger partial charge in [0.2, 0.25) is 11.8 Å². The predicted molar refractivity (Wildman–Crippen MR) is 93.3 cm³/mol. The lowest BCUT2D eigenvalue weighted by atomic mass is 10.2. The quantitative estimate of drug-likeness (QED) is 0.487. The van der Waals surface area contributed by atoms with E-state index in [1.807, 2.05) is 0 Å². The van der Waals surface area contributed by atoms with Crippen molar-refractivity contribution in [2.45, 2.75) is 16.6 Å².